The molecule has 1 saturated carbocycles. The predicted octanol–water partition coefficient (Wildman–Crippen LogP) is 3.34. The Morgan fingerprint density at radius 2 is 1.74 bits per heavy atom. The molecule has 23 heavy (non-hydrogen) atoms. The number of nitrogens with one attached hydrogen (secondary N) is 2. The van der Waals surface area contributed by atoms with Crippen molar-refractivity contribution in [3.05, 3.63) is 29.8 Å². The van der Waals surface area contributed by atoms with Crippen molar-refractivity contribution in [2.45, 2.75) is 44.8 Å². The van der Waals surface area contributed by atoms with Gasteiger partial charge in [-0.05, 0) is 30.9 Å². The Kier molecular flexibility index (Phi) is 5.28. The van der Waals surface area contributed by atoms with E-state index in [-0.39, 0.29) is 12.0 Å². The summed E-state index contributed by atoms with van der Waals surface area (Å²) < 4.78 is 38.6. The summed E-state index contributed by atoms with van der Waals surface area (Å²) in [5.41, 5.74) is -1.40. The third-order valence-corrected chi connectivity index (χ3v) is 4.11. The lowest BCUT2D eigenvalue weighted by molar-refractivity contribution is -0.138. The van der Waals surface area contributed by atoms with E-state index >= 15 is 0 Å². The van der Waals surface area contributed by atoms with E-state index < -0.39 is 29.2 Å². The maximum absolute atomic E-state index is 12.9. The van der Waals surface area contributed by atoms with Crippen molar-refractivity contribution in [3.8, 4) is 0 Å². The van der Waals surface area contributed by atoms with E-state index in [2.05, 4.69) is 10.6 Å². The average Bonchev–Trinajstić information content (AvgIpc) is 2.49. The fourth-order valence-electron chi connectivity index (χ4n) is 2.78. The van der Waals surface area contributed by atoms with Crippen LogP contribution in [0.1, 0.15) is 38.2 Å². The summed E-state index contributed by atoms with van der Waals surface area (Å²) in [5.74, 6) is -1.73. The Morgan fingerprint density at radius 1 is 1.09 bits per heavy atom. The molecular weight excluding hydrogens is 309 g/mol. The lowest BCUT2D eigenvalue weighted by Crippen LogP contribution is -2.45. The Hall–Kier alpha value is -2.05. The zero-order valence-corrected chi connectivity index (χ0v) is 12.7. The summed E-state index contributed by atoms with van der Waals surface area (Å²) in [5, 5.41) is 4.66. The number of amides is 2. The maximum Gasteiger partial charge on any atom is 0.418 e. The summed E-state index contributed by atoms with van der Waals surface area (Å²) in [6.45, 7) is 1.99. The SMILES string of the molecule is C[C@@H]1CCCC[C@H]1NC(=O)C(=O)Nc1ccccc1C(F)(F)F. The van der Waals surface area contributed by atoms with Crippen molar-refractivity contribution in [1.82, 2.24) is 5.32 Å². The van der Waals surface area contributed by atoms with E-state index in [1.807, 2.05) is 6.92 Å². The second-order valence-electron chi connectivity index (χ2n) is 5.84. The maximum atomic E-state index is 12.9. The van der Waals surface area contributed by atoms with Crippen LogP contribution < -0.4 is 10.6 Å². The number of halogens is 3. The molecule has 4 nitrogen and oxygen atoms in total. The number of hydrogen-bond donors (Lipinski definition) is 2. The first-order valence-electron chi connectivity index (χ1n) is 7.57. The number of carbonyl (C=O) groups is 2. The van der Waals surface area contributed by atoms with Gasteiger partial charge in [-0.25, -0.2) is 0 Å². The molecule has 1 fully saturated rings. The molecule has 1 aromatic carbocycles. The van der Waals surface area contributed by atoms with Crippen molar-refractivity contribution in [1.29, 1.82) is 0 Å². The second kappa shape index (κ2) is 7.02. The van der Waals surface area contributed by atoms with Crippen LogP contribution in [-0.2, 0) is 15.8 Å². The van der Waals surface area contributed by atoms with Crippen LogP contribution in [0.3, 0.4) is 0 Å². The van der Waals surface area contributed by atoms with E-state index in [9.17, 15) is 22.8 Å². The highest BCUT2D eigenvalue weighted by Gasteiger charge is 2.34. The Bertz CT molecular complexity index is 587. The summed E-state index contributed by atoms with van der Waals surface area (Å²) in [7, 11) is 0. The van der Waals surface area contributed by atoms with Gasteiger partial charge in [-0.15, -0.1) is 0 Å². The fourth-order valence-corrected chi connectivity index (χ4v) is 2.78. The van der Waals surface area contributed by atoms with E-state index in [1.54, 1.807) is 0 Å². The van der Waals surface area contributed by atoms with Crippen molar-refractivity contribution in [2.24, 2.45) is 5.92 Å². The minimum atomic E-state index is -4.60. The quantitative estimate of drug-likeness (QED) is 0.818. The van der Waals surface area contributed by atoms with Gasteiger partial charge in [0.05, 0.1) is 11.3 Å². The molecule has 2 rings (SSSR count). The zero-order chi connectivity index (χ0) is 17.0. The molecule has 0 spiro atoms. The van der Waals surface area contributed by atoms with Crippen molar-refractivity contribution < 1.29 is 22.8 Å². The van der Waals surface area contributed by atoms with Gasteiger partial charge in [-0.1, -0.05) is 31.9 Å². The van der Waals surface area contributed by atoms with Crippen LogP contribution in [0.5, 0.6) is 0 Å². The van der Waals surface area contributed by atoms with E-state index in [4.69, 9.17) is 0 Å². The Labute approximate surface area is 132 Å². The molecule has 0 aliphatic heterocycles. The van der Waals surface area contributed by atoms with Crippen molar-refractivity contribution in [3.63, 3.8) is 0 Å². The van der Waals surface area contributed by atoms with Gasteiger partial charge in [-0.3, -0.25) is 9.59 Å². The van der Waals surface area contributed by atoms with Crippen LogP contribution in [0.25, 0.3) is 0 Å². The van der Waals surface area contributed by atoms with Gasteiger partial charge in [0, 0.05) is 6.04 Å². The minimum Gasteiger partial charge on any atom is -0.345 e. The van der Waals surface area contributed by atoms with Gasteiger partial charge in [0.2, 0.25) is 0 Å². The molecule has 2 atom stereocenters. The van der Waals surface area contributed by atoms with E-state index in [0.29, 0.717) is 0 Å². The molecule has 2 amide bonds. The van der Waals surface area contributed by atoms with Gasteiger partial charge in [0.1, 0.15) is 0 Å². The van der Waals surface area contributed by atoms with Gasteiger partial charge >= 0.3 is 18.0 Å². The van der Waals surface area contributed by atoms with Crippen LogP contribution in [-0.4, -0.2) is 17.9 Å². The third-order valence-electron chi connectivity index (χ3n) is 4.11. The zero-order valence-electron chi connectivity index (χ0n) is 12.7. The lowest BCUT2D eigenvalue weighted by atomic mass is 9.86. The fraction of sp³-hybridized carbons (Fsp3) is 0.500. The molecule has 0 heterocycles. The van der Waals surface area contributed by atoms with Crippen LogP contribution >= 0.6 is 0 Å². The molecule has 126 valence electrons. The number of anilines is 1. The van der Waals surface area contributed by atoms with Crippen LogP contribution in [0.4, 0.5) is 18.9 Å². The van der Waals surface area contributed by atoms with E-state index in [1.165, 1.54) is 12.1 Å². The molecule has 1 aliphatic rings. The average molecular weight is 328 g/mol. The molecule has 0 unspecified atom stereocenters. The highest BCUT2D eigenvalue weighted by atomic mass is 19.4. The van der Waals surface area contributed by atoms with Crippen LogP contribution in [0.2, 0.25) is 0 Å². The normalized spacial score (nSPS) is 21.6. The monoisotopic (exact) mass is 328 g/mol. The van der Waals surface area contributed by atoms with Crippen LogP contribution in [0, 0.1) is 5.92 Å². The number of hydrogen-bond acceptors (Lipinski definition) is 2. The summed E-state index contributed by atoms with van der Waals surface area (Å²) >= 11 is 0. The Morgan fingerprint density at radius 3 is 2.39 bits per heavy atom. The summed E-state index contributed by atoms with van der Waals surface area (Å²) in [6, 6.07) is 4.46. The first-order valence-corrected chi connectivity index (χ1v) is 7.57. The minimum absolute atomic E-state index is 0.111. The predicted molar refractivity (Wildman–Crippen MR) is 79.6 cm³/mol. The molecule has 1 aliphatic carbocycles. The first-order chi connectivity index (χ1) is 10.8. The van der Waals surface area contributed by atoms with Gasteiger partial charge in [0.15, 0.2) is 0 Å². The number of para-hydroxylation sites is 1. The van der Waals surface area contributed by atoms with Gasteiger partial charge < -0.3 is 10.6 Å². The van der Waals surface area contributed by atoms with Crippen molar-refractivity contribution >= 4 is 17.5 Å². The smallest absolute Gasteiger partial charge is 0.345 e. The molecule has 0 aromatic heterocycles. The summed E-state index contributed by atoms with van der Waals surface area (Å²) in [4.78, 5) is 23.8. The highest BCUT2D eigenvalue weighted by molar-refractivity contribution is 6.39. The number of carbonyl (C=O) groups excluding carboxylic acids is 2. The molecule has 0 radical (unpaired) electrons. The standard InChI is InChI=1S/C16H19F3N2O2/c1-10-6-2-4-8-12(10)20-14(22)15(23)21-13-9-5-3-7-11(13)16(17,18)19/h3,5,7,9-10,12H,2,4,6,8H2,1H3,(H,20,22)(H,21,23)/t10-,12-/m1/s1. The first kappa shape index (κ1) is 17.3. The van der Waals surface area contributed by atoms with E-state index in [0.717, 1.165) is 37.8 Å². The molecule has 0 saturated heterocycles. The van der Waals surface area contributed by atoms with Crippen molar-refractivity contribution in [2.75, 3.05) is 5.32 Å². The molecule has 0 bridgehead atoms. The summed E-state index contributed by atoms with van der Waals surface area (Å²) in [6.07, 6.45) is -0.812. The number of alkyl halides is 3. The molecule has 7 heteroatoms. The topological polar surface area (TPSA) is 58.2 Å². The van der Waals surface area contributed by atoms with Gasteiger partial charge in [-0.2, -0.15) is 13.2 Å². The largest absolute Gasteiger partial charge is 0.418 e. The number of benzene rings is 1. The molecule has 1 aromatic rings. The highest BCUT2D eigenvalue weighted by Crippen LogP contribution is 2.34. The molecular formula is C16H19F3N2O2. The third kappa shape index (κ3) is 4.46. The second-order valence-corrected chi connectivity index (χ2v) is 5.84. The lowest BCUT2D eigenvalue weighted by Gasteiger charge is -2.29. The number of rotatable bonds is 2. The van der Waals surface area contributed by atoms with Crippen LogP contribution in [0.15, 0.2) is 24.3 Å². The Balaban J connectivity index is 2.03. The molecule has 2 N–H and O–H groups in total. The van der Waals surface area contributed by atoms with Gasteiger partial charge in [0.25, 0.3) is 0 Å².